The van der Waals surface area contributed by atoms with Gasteiger partial charge in [-0.05, 0) is 50.9 Å². The molecule has 7 heteroatoms. The van der Waals surface area contributed by atoms with E-state index in [0.717, 1.165) is 12.8 Å². The summed E-state index contributed by atoms with van der Waals surface area (Å²) in [7, 11) is 1.60. The number of carbonyl (C=O) groups excluding carboxylic acids is 3. The van der Waals surface area contributed by atoms with Gasteiger partial charge in [-0.1, -0.05) is 39.8 Å². The van der Waals surface area contributed by atoms with Crippen LogP contribution in [0.15, 0.2) is 12.2 Å². The lowest BCUT2D eigenvalue weighted by Gasteiger charge is -2.37. The second kappa shape index (κ2) is 10.4. The molecule has 2 aliphatic rings. The molecule has 1 saturated heterocycles. The molecule has 7 nitrogen and oxygen atoms in total. The van der Waals surface area contributed by atoms with Crippen molar-refractivity contribution in [3.63, 3.8) is 0 Å². The SMILES string of the molecule is CC[C@@H]1C=C[C@H]2[C@H](C(=O)N(CCCCO)[C@@H]2C(=O)NC(C)(C)CC(C)(C)C)[C@@H]1C(=O)NC. The zero-order valence-corrected chi connectivity index (χ0v) is 20.9. The van der Waals surface area contributed by atoms with Crippen LogP contribution < -0.4 is 10.6 Å². The van der Waals surface area contributed by atoms with Crippen LogP contribution in [0, 0.1) is 29.1 Å². The molecule has 2 rings (SSSR count). The second-order valence-electron chi connectivity index (χ2n) is 11.2. The minimum Gasteiger partial charge on any atom is -0.396 e. The molecule has 1 aliphatic heterocycles. The van der Waals surface area contributed by atoms with Gasteiger partial charge in [0.2, 0.25) is 17.7 Å². The Morgan fingerprint density at radius 2 is 1.75 bits per heavy atom. The highest BCUT2D eigenvalue weighted by molar-refractivity contribution is 5.97. The van der Waals surface area contributed by atoms with Gasteiger partial charge in [-0.25, -0.2) is 0 Å². The molecule has 3 N–H and O–H groups in total. The Balaban J connectivity index is 2.40. The number of carbonyl (C=O) groups is 3. The number of nitrogens with zero attached hydrogens (tertiary/aromatic N) is 1. The molecule has 5 atom stereocenters. The molecule has 0 aromatic rings. The van der Waals surface area contributed by atoms with Crippen molar-refractivity contribution >= 4 is 17.7 Å². The average Bonchev–Trinajstić information content (AvgIpc) is 2.96. The number of aliphatic hydroxyl groups is 1. The zero-order chi connectivity index (χ0) is 24.3. The predicted molar refractivity (Wildman–Crippen MR) is 126 cm³/mol. The number of unbranched alkanes of at least 4 members (excludes halogenated alkanes) is 1. The van der Waals surface area contributed by atoms with Gasteiger partial charge in [-0.15, -0.1) is 0 Å². The van der Waals surface area contributed by atoms with Crippen LogP contribution in [0.25, 0.3) is 0 Å². The summed E-state index contributed by atoms with van der Waals surface area (Å²) in [6.07, 6.45) is 6.73. The fourth-order valence-electron chi connectivity index (χ4n) is 5.82. The first-order valence-electron chi connectivity index (χ1n) is 12.0. The first-order valence-corrected chi connectivity index (χ1v) is 12.0. The third-order valence-corrected chi connectivity index (χ3v) is 6.64. The number of rotatable bonds is 9. The molecule has 0 spiro atoms. The topological polar surface area (TPSA) is 98.7 Å². The second-order valence-corrected chi connectivity index (χ2v) is 11.2. The number of likely N-dealkylation sites (tertiary alicyclic amines) is 1. The zero-order valence-electron chi connectivity index (χ0n) is 20.9. The summed E-state index contributed by atoms with van der Waals surface area (Å²) in [6.45, 7) is 12.9. The lowest BCUT2D eigenvalue weighted by molar-refractivity contribution is -0.141. The molecular weight excluding hydrogens is 406 g/mol. The van der Waals surface area contributed by atoms with Gasteiger partial charge in [0.05, 0.1) is 11.8 Å². The smallest absolute Gasteiger partial charge is 0.243 e. The molecule has 0 aromatic carbocycles. The van der Waals surface area contributed by atoms with Crippen LogP contribution in [0.4, 0.5) is 0 Å². The summed E-state index contributed by atoms with van der Waals surface area (Å²) in [6, 6.07) is -0.647. The molecule has 0 unspecified atom stereocenters. The molecule has 0 aromatic heterocycles. The first kappa shape index (κ1) is 26.4. The Morgan fingerprint density at radius 1 is 1.09 bits per heavy atom. The Hall–Kier alpha value is -1.89. The highest BCUT2D eigenvalue weighted by atomic mass is 16.3. The number of hydrogen-bond donors (Lipinski definition) is 3. The number of amides is 3. The predicted octanol–water partition coefficient (Wildman–Crippen LogP) is 2.49. The van der Waals surface area contributed by atoms with E-state index in [2.05, 4.69) is 31.4 Å². The molecule has 0 radical (unpaired) electrons. The summed E-state index contributed by atoms with van der Waals surface area (Å²) in [5.74, 6) is -1.83. The molecule has 1 heterocycles. The maximum Gasteiger partial charge on any atom is 0.243 e. The van der Waals surface area contributed by atoms with Gasteiger partial charge in [0.25, 0.3) is 0 Å². The number of allylic oxidation sites excluding steroid dienone is 1. The van der Waals surface area contributed by atoms with Crippen molar-refractivity contribution in [3.8, 4) is 0 Å². The Morgan fingerprint density at radius 3 is 2.28 bits per heavy atom. The third-order valence-electron chi connectivity index (χ3n) is 6.64. The van der Waals surface area contributed by atoms with Gasteiger partial charge in [0, 0.05) is 31.7 Å². The fraction of sp³-hybridized carbons (Fsp3) is 0.800. The maximum absolute atomic E-state index is 13.6. The van der Waals surface area contributed by atoms with E-state index in [-0.39, 0.29) is 41.6 Å². The number of nitrogens with one attached hydrogen (secondary N) is 2. The Bertz CT molecular complexity index is 725. The minimum atomic E-state index is -0.647. The van der Waals surface area contributed by atoms with E-state index in [9.17, 15) is 19.5 Å². The Kier molecular flexibility index (Phi) is 8.54. The van der Waals surface area contributed by atoms with E-state index in [4.69, 9.17) is 0 Å². The lowest BCUT2D eigenvalue weighted by Crippen LogP contribution is -2.54. The van der Waals surface area contributed by atoms with Crippen molar-refractivity contribution in [2.24, 2.45) is 29.1 Å². The van der Waals surface area contributed by atoms with Crippen molar-refractivity contribution in [1.29, 1.82) is 0 Å². The summed E-state index contributed by atoms with van der Waals surface area (Å²) < 4.78 is 0. The van der Waals surface area contributed by atoms with Crippen molar-refractivity contribution in [1.82, 2.24) is 15.5 Å². The largest absolute Gasteiger partial charge is 0.396 e. The monoisotopic (exact) mass is 449 g/mol. The highest BCUT2D eigenvalue weighted by Gasteiger charge is 2.57. The van der Waals surface area contributed by atoms with E-state index >= 15 is 0 Å². The van der Waals surface area contributed by atoms with Gasteiger partial charge >= 0.3 is 0 Å². The number of hydrogen-bond acceptors (Lipinski definition) is 4. The van der Waals surface area contributed by atoms with Crippen LogP contribution in [0.5, 0.6) is 0 Å². The van der Waals surface area contributed by atoms with Gasteiger partial charge in [0.1, 0.15) is 6.04 Å². The van der Waals surface area contributed by atoms with Crippen LogP contribution in [0.1, 0.15) is 67.2 Å². The molecular formula is C25H43N3O4. The lowest BCUT2D eigenvalue weighted by atomic mass is 9.68. The van der Waals surface area contributed by atoms with Crippen molar-refractivity contribution in [2.45, 2.75) is 78.8 Å². The normalized spacial score (nSPS) is 27.9. The standard InChI is InChI=1S/C25H43N3O4/c1-8-16-11-12-17-19(18(16)21(30)26-7)23(32)28(13-9-10-14-29)20(17)22(31)27-25(5,6)15-24(2,3)4/h11-12,16-20,29H,8-10,13-15H2,1-7H3,(H,26,30)(H,27,31)/t16-,17+,18-,19+,20+/m1/s1. The average molecular weight is 450 g/mol. The van der Waals surface area contributed by atoms with Gasteiger partial charge < -0.3 is 20.6 Å². The van der Waals surface area contributed by atoms with Crippen molar-refractivity contribution in [3.05, 3.63) is 12.2 Å². The van der Waals surface area contributed by atoms with Gasteiger partial charge in [0.15, 0.2) is 0 Å². The van der Waals surface area contributed by atoms with Crippen LogP contribution >= 0.6 is 0 Å². The molecule has 182 valence electrons. The van der Waals surface area contributed by atoms with E-state index in [1.165, 1.54) is 0 Å². The summed E-state index contributed by atoms with van der Waals surface area (Å²) in [4.78, 5) is 41.7. The number of aliphatic hydroxyl groups excluding tert-OH is 1. The molecule has 0 saturated carbocycles. The highest BCUT2D eigenvalue weighted by Crippen LogP contribution is 2.45. The van der Waals surface area contributed by atoms with E-state index in [1.807, 2.05) is 32.9 Å². The molecule has 1 aliphatic carbocycles. The minimum absolute atomic E-state index is 0.0291. The van der Waals surface area contributed by atoms with E-state index in [1.54, 1.807) is 11.9 Å². The Labute approximate surface area is 193 Å². The summed E-state index contributed by atoms with van der Waals surface area (Å²) in [5.41, 5.74) is -0.396. The molecule has 3 amide bonds. The van der Waals surface area contributed by atoms with Crippen molar-refractivity contribution < 1.29 is 19.5 Å². The maximum atomic E-state index is 13.6. The summed E-state index contributed by atoms with van der Waals surface area (Å²) in [5, 5.41) is 15.1. The van der Waals surface area contributed by atoms with Crippen LogP contribution in [-0.2, 0) is 14.4 Å². The molecule has 1 fully saturated rings. The number of fused-ring (bicyclic) bond motifs is 1. The van der Waals surface area contributed by atoms with E-state index in [0.29, 0.717) is 19.4 Å². The summed E-state index contributed by atoms with van der Waals surface area (Å²) >= 11 is 0. The third kappa shape index (κ3) is 5.91. The molecule has 0 bridgehead atoms. The fourth-order valence-corrected chi connectivity index (χ4v) is 5.82. The first-order chi connectivity index (χ1) is 14.9. The molecule has 32 heavy (non-hydrogen) atoms. The quantitative estimate of drug-likeness (QED) is 0.372. The van der Waals surface area contributed by atoms with Crippen molar-refractivity contribution in [2.75, 3.05) is 20.2 Å². The van der Waals surface area contributed by atoms with Crippen LogP contribution in [-0.4, -0.2) is 59.5 Å². The van der Waals surface area contributed by atoms with E-state index < -0.39 is 23.4 Å². The van der Waals surface area contributed by atoms with Gasteiger partial charge in [-0.3, -0.25) is 14.4 Å². The van der Waals surface area contributed by atoms with Crippen LogP contribution in [0.3, 0.4) is 0 Å². The van der Waals surface area contributed by atoms with Crippen LogP contribution in [0.2, 0.25) is 0 Å². The van der Waals surface area contributed by atoms with Gasteiger partial charge in [-0.2, -0.15) is 0 Å².